The van der Waals surface area contributed by atoms with Gasteiger partial charge in [0, 0.05) is 20.8 Å². The molecule has 0 aromatic heterocycles. The molecule has 0 aliphatic rings. The largest absolute Gasteiger partial charge is 0.494 e. The van der Waals surface area contributed by atoms with Gasteiger partial charge in [-0.1, -0.05) is 44.7 Å². The zero-order valence-corrected chi connectivity index (χ0v) is 20.0. The van der Waals surface area contributed by atoms with Crippen LogP contribution in [0.3, 0.4) is 0 Å². The predicted octanol–water partition coefficient (Wildman–Crippen LogP) is 4.36. The third kappa shape index (κ3) is 12.3. The van der Waals surface area contributed by atoms with Crippen molar-refractivity contribution in [2.24, 2.45) is 0 Å². The Kier molecular flexibility index (Phi) is 13.1. The van der Waals surface area contributed by atoms with E-state index in [1.807, 2.05) is 12.1 Å². The number of esters is 2. The van der Waals surface area contributed by atoms with Crippen LogP contribution in [0.25, 0.3) is 0 Å². The van der Waals surface area contributed by atoms with E-state index in [0.717, 1.165) is 38.0 Å². The van der Waals surface area contributed by atoms with Gasteiger partial charge in [-0.15, -0.1) is 0 Å². The van der Waals surface area contributed by atoms with Crippen molar-refractivity contribution in [1.82, 2.24) is 5.32 Å². The van der Waals surface area contributed by atoms with Gasteiger partial charge in [0.05, 0.1) is 6.61 Å². The van der Waals surface area contributed by atoms with Gasteiger partial charge in [0.1, 0.15) is 24.5 Å². The maximum Gasteiger partial charge on any atom is 0.302 e. The molecule has 32 heavy (non-hydrogen) atoms. The van der Waals surface area contributed by atoms with Gasteiger partial charge >= 0.3 is 11.9 Å². The van der Waals surface area contributed by atoms with Crippen molar-refractivity contribution >= 4 is 17.8 Å². The number of unbranched alkanes of at least 4 members (excludes halogenated alkanes) is 4. The van der Waals surface area contributed by atoms with E-state index in [-0.39, 0.29) is 19.1 Å². The average Bonchev–Trinajstić information content (AvgIpc) is 2.74. The van der Waals surface area contributed by atoms with E-state index < -0.39 is 17.5 Å². The molecule has 0 atom stereocenters. The fourth-order valence-electron chi connectivity index (χ4n) is 3.44. The van der Waals surface area contributed by atoms with E-state index >= 15 is 0 Å². The standard InChI is InChI=1S/C25H39NO6/c1-5-6-7-10-17-30-24-14-12-23(13-15-24)11-8-9-16-25(26-20(2)27,18-31-21(3)28)19-32-22(4)29/h12-15H,5-11,16-19H2,1-4H3,(H,26,27). The lowest BCUT2D eigenvalue weighted by Crippen LogP contribution is -2.55. The molecule has 7 heteroatoms. The molecule has 0 unspecified atom stereocenters. The minimum Gasteiger partial charge on any atom is -0.494 e. The Morgan fingerprint density at radius 1 is 0.844 bits per heavy atom. The molecule has 0 radical (unpaired) electrons. The smallest absolute Gasteiger partial charge is 0.302 e. The van der Waals surface area contributed by atoms with Gasteiger partial charge in [0.2, 0.25) is 5.91 Å². The molecule has 1 rings (SSSR count). The first-order valence-corrected chi connectivity index (χ1v) is 11.5. The summed E-state index contributed by atoms with van der Waals surface area (Å²) >= 11 is 0. The molecule has 1 aromatic carbocycles. The van der Waals surface area contributed by atoms with Crippen LogP contribution in [0.4, 0.5) is 0 Å². The van der Waals surface area contributed by atoms with Crippen molar-refractivity contribution in [2.75, 3.05) is 19.8 Å². The van der Waals surface area contributed by atoms with E-state index in [1.54, 1.807) is 0 Å². The molecule has 0 bridgehead atoms. The lowest BCUT2D eigenvalue weighted by atomic mass is 9.92. The van der Waals surface area contributed by atoms with Crippen LogP contribution >= 0.6 is 0 Å². The number of hydrogen-bond acceptors (Lipinski definition) is 6. The average molecular weight is 450 g/mol. The van der Waals surface area contributed by atoms with Crippen LogP contribution in [0.2, 0.25) is 0 Å². The minimum atomic E-state index is -0.932. The van der Waals surface area contributed by atoms with Gasteiger partial charge in [-0.2, -0.15) is 0 Å². The second-order valence-corrected chi connectivity index (χ2v) is 8.28. The van der Waals surface area contributed by atoms with E-state index in [9.17, 15) is 14.4 Å². The molecule has 1 amide bonds. The van der Waals surface area contributed by atoms with Crippen LogP contribution < -0.4 is 10.1 Å². The van der Waals surface area contributed by atoms with E-state index in [4.69, 9.17) is 14.2 Å². The van der Waals surface area contributed by atoms with Crippen molar-refractivity contribution in [3.8, 4) is 5.75 Å². The molecule has 0 saturated heterocycles. The zero-order chi connectivity index (χ0) is 23.8. The fourth-order valence-corrected chi connectivity index (χ4v) is 3.44. The van der Waals surface area contributed by atoms with Crippen LogP contribution in [-0.4, -0.2) is 43.2 Å². The van der Waals surface area contributed by atoms with Crippen LogP contribution in [0.1, 0.15) is 78.2 Å². The van der Waals surface area contributed by atoms with Crippen LogP contribution in [0.15, 0.2) is 24.3 Å². The Morgan fingerprint density at radius 3 is 2.00 bits per heavy atom. The van der Waals surface area contributed by atoms with Crippen molar-refractivity contribution in [3.63, 3.8) is 0 Å². The van der Waals surface area contributed by atoms with Gasteiger partial charge in [0.15, 0.2) is 0 Å². The molecule has 7 nitrogen and oxygen atoms in total. The molecular formula is C25H39NO6. The second-order valence-electron chi connectivity index (χ2n) is 8.28. The number of rotatable bonds is 16. The number of aryl methyl sites for hydroxylation is 1. The van der Waals surface area contributed by atoms with Crippen molar-refractivity contribution in [2.45, 2.75) is 84.6 Å². The van der Waals surface area contributed by atoms with Gasteiger partial charge in [-0.3, -0.25) is 14.4 Å². The summed E-state index contributed by atoms with van der Waals surface area (Å²) in [6.45, 7) is 6.86. The highest BCUT2D eigenvalue weighted by atomic mass is 16.5. The first-order valence-electron chi connectivity index (χ1n) is 11.5. The summed E-state index contributed by atoms with van der Waals surface area (Å²) in [5, 5.41) is 2.83. The molecule has 0 aliphatic carbocycles. The second kappa shape index (κ2) is 15.3. The first kappa shape index (κ1) is 27.5. The number of benzene rings is 1. The van der Waals surface area contributed by atoms with Crippen molar-refractivity contribution in [1.29, 1.82) is 0 Å². The molecule has 0 aliphatic heterocycles. The number of carbonyl (C=O) groups is 3. The van der Waals surface area contributed by atoms with Gasteiger partial charge < -0.3 is 19.5 Å². The summed E-state index contributed by atoms with van der Waals surface area (Å²) in [6.07, 6.45) is 7.76. The van der Waals surface area contributed by atoms with E-state index in [2.05, 4.69) is 24.4 Å². The fraction of sp³-hybridized carbons (Fsp3) is 0.640. The lowest BCUT2D eigenvalue weighted by molar-refractivity contribution is -0.150. The summed E-state index contributed by atoms with van der Waals surface area (Å²) in [5.74, 6) is -0.280. The van der Waals surface area contributed by atoms with E-state index in [0.29, 0.717) is 6.42 Å². The van der Waals surface area contributed by atoms with Crippen LogP contribution in [-0.2, 0) is 30.3 Å². The predicted molar refractivity (Wildman–Crippen MR) is 123 cm³/mol. The third-order valence-corrected chi connectivity index (χ3v) is 5.11. The van der Waals surface area contributed by atoms with Crippen molar-refractivity contribution in [3.05, 3.63) is 29.8 Å². The first-order chi connectivity index (χ1) is 15.3. The molecule has 1 aromatic rings. The molecular weight excluding hydrogens is 410 g/mol. The topological polar surface area (TPSA) is 90.9 Å². The lowest BCUT2D eigenvalue weighted by Gasteiger charge is -2.33. The molecule has 0 spiro atoms. The molecule has 0 heterocycles. The number of nitrogens with one attached hydrogen (secondary N) is 1. The third-order valence-electron chi connectivity index (χ3n) is 5.11. The maximum atomic E-state index is 11.8. The Morgan fingerprint density at radius 2 is 1.47 bits per heavy atom. The minimum absolute atomic E-state index is 0.0422. The zero-order valence-electron chi connectivity index (χ0n) is 20.0. The normalized spacial score (nSPS) is 11.0. The highest BCUT2D eigenvalue weighted by molar-refractivity contribution is 5.74. The molecule has 180 valence electrons. The monoisotopic (exact) mass is 449 g/mol. The van der Waals surface area contributed by atoms with Crippen LogP contribution in [0.5, 0.6) is 5.75 Å². The number of ether oxygens (including phenoxy) is 3. The summed E-state index contributed by atoms with van der Waals surface area (Å²) in [5.41, 5.74) is 0.270. The molecule has 0 saturated carbocycles. The highest BCUT2D eigenvalue weighted by Gasteiger charge is 2.33. The van der Waals surface area contributed by atoms with Gasteiger partial charge in [0.25, 0.3) is 0 Å². The Hall–Kier alpha value is -2.57. The number of hydrogen-bond donors (Lipinski definition) is 1. The Bertz CT molecular complexity index is 683. The van der Waals surface area contributed by atoms with Crippen LogP contribution in [0, 0.1) is 0 Å². The summed E-state index contributed by atoms with van der Waals surface area (Å²) < 4.78 is 16.1. The van der Waals surface area contributed by atoms with Crippen molar-refractivity contribution < 1.29 is 28.6 Å². The Balaban J connectivity index is 2.56. The van der Waals surface area contributed by atoms with E-state index in [1.165, 1.54) is 45.6 Å². The summed E-state index contributed by atoms with van der Waals surface area (Å²) in [4.78, 5) is 34.4. The van der Waals surface area contributed by atoms with Gasteiger partial charge in [-0.05, 0) is 43.4 Å². The highest BCUT2D eigenvalue weighted by Crippen LogP contribution is 2.20. The quantitative estimate of drug-likeness (QED) is 0.298. The summed E-state index contributed by atoms with van der Waals surface area (Å²) in [7, 11) is 0. The maximum absolute atomic E-state index is 11.8. The Labute approximate surface area is 192 Å². The molecule has 1 N–H and O–H groups in total. The molecule has 0 fully saturated rings. The number of amides is 1. The summed E-state index contributed by atoms with van der Waals surface area (Å²) in [6, 6.07) is 8.14. The number of carbonyl (C=O) groups excluding carboxylic acids is 3. The van der Waals surface area contributed by atoms with Gasteiger partial charge in [-0.25, -0.2) is 0 Å². The SMILES string of the molecule is CCCCCCOc1ccc(CCCCC(COC(C)=O)(COC(C)=O)NC(C)=O)cc1.